The van der Waals surface area contributed by atoms with Crippen molar-refractivity contribution in [2.24, 2.45) is 7.05 Å². The van der Waals surface area contributed by atoms with Crippen LogP contribution >= 0.6 is 0 Å². The molecule has 118 valence electrons. The number of hydrogen-bond donors (Lipinski definition) is 2. The minimum atomic E-state index is -0.534. The van der Waals surface area contributed by atoms with Gasteiger partial charge in [-0.3, -0.25) is 0 Å². The van der Waals surface area contributed by atoms with Gasteiger partial charge in [-0.05, 0) is 5.56 Å². The van der Waals surface area contributed by atoms with E-state index in [1.165, 1.54) is 0 Å². The molecule has 2 aromatic carbocycles. The second-order valence-corrected chi connectivity index (χ2v) is 5.41. The van der Waals surface area contributed by atoms with Gasteiger partial charge in [-0.1, -0.05) is 60.7 Å². The highest BCUT2D eigenvalue weighted by Gasteiger charge is 2.12. The van der Waals surface area contributed by atoms with Crippen molar-refractivity contribution in [3.63, 3.8) is 0 Å². The average molecular weight is 308 g/mol. The summed E-state index contributed by atoms with van der Waals surface area (Å²) in [5, 5.41) is 22.3. The van der Waals surface area contributed by atoms with E-state index in [2.05, 4.69) is 15.5 Å². The highest BCUT2D eigenvalue weighted by Crippen LogP contribution is 2.19. The largest absolute Gasteiger partial charge is 0.387 e. The number of hydrogen-bond acceptors (Lipinski definition) is 4. The van der Waals surface area contributed by atoms with Crippen molar-refractivity contribution in [3.8, 4) is 11.3 Å². The fourth-order valence-electron chi connectivity index (χ4n) is 2.51. The molecule has 1 aromatic heterocycles. The molecule has 23 heavy (non-hydrogen) atoms. The van der Waals surface area contributed by atoms with Crippen molar-refractivity contribution in [2.75, 3.05) is 6.54 Å². The minimum absolute atomic E-state index is 0.467. The molecule has 0 fully saturated rings. The smallest absolute Gasteiger partial charge is 0.117 e. The lowest BCUT2D eigenvalue weighted by Crippen LogP contribution is -2.21. The Balaban J connectivity index is 1.65. The van der Waals surface area contributed by atoms with E-state index in [0.29, 0.717) is 13.1 Å². The Bertz CT molecular complexity index is 740. The first-order valence-electron chi connectivity index (χ1n) is 7.63. The third-order valence-electron chi connectivity index (χ3n) is 3.65. The van der Waals surface area contributed by atoms with Gasteiger partial charge in [0.25, 0.3) is 0 Å². The highest BCUT2D eigenvalue weighted by molar-refractivity contribution is 5.60. The second kappa shape index (κ2) is 7.17. The van der Waals surface area contributed by atoms with E-state index in [1.807, 2.05) is 67.7 Å². The van der Waals surface area contributed by atoms with Gasteiger partial charge >= 0.3 is 0 Å². The van der Waals surface area contributed by atoms with Gasteiger partial charge in [0.2, 0.25) is 0 Å². The summed E-state index contributed by atoms with van der Waals surface area (Å²) in [6, 6.07) is 19.6. The summed E-state index contributed by atoms with van der Waals surface area (Å²) >= 11 is 0. The Morgan fingerprint density at radius 1 is 1.00 bits per heavy atom. The van der Waals surface area contributed by atoms with Crippen LogP contribution in [-0.4, -0.2) is 26.6 Å². The van der Waals surface area contributed by atoms with Crippen LogP contribution in [0.2, 0.25) is 0 Å². The van der Waals surface area contributed by atoms with Crippen molar-refractivity contribution in [3.05, 3.63) is 71.9 Å². The Labute approximate surface area is 135 Å². The summed E-state index contributed by atoms with van der Waals surface area (Å²) in [5.41, 5.74) is 3.69. The van der Waals surface area contributed by atoms with Crippen LogP contribution in [0.5, 0.6) is 0 Å². The van der Waals surface area contributed by atoms with Gasteiger partial charge < -0.3 is 10.4 Å². The quantitative estimate of drug-likeness (QED) is 0.733. The van der Waals surface area contributed by atoms with Gasteiger partial charge in [0.15, 0.2) is 0 Å². The van der Waals surface area contributed by atoms with Crippen LogP contribution in [0.15, 0.2) is 60.7 Å². The number of aliphatic hydroxyl groups excluding tert-OH is 1. The highest BCUT2D eigenvalue weighted by atomic mass is 16.3. The Morgan fingerprint density at radius 3 is 2.35 bits per heavy atom. The predicted octanol–water partition coefficient (Wildman–Crippen LogP) is 2.31. The first-order chi connectivity index (χ1) is 11.2. The fourth-order valence-corrected chi connectivity index (χ4v) is 2.51. The molecule has 0 saturated carbocycles. The monoisotopic (exact) mass is 308 g/mol. The predicted molar refractivity (Wildman–Crippen MR) is 89.5 cm³/mol. The number of aryl methyl sites for hydroxylation is 1. The van der Waals surface area contributed by atoms with E-state index in [4.69, 9.17) is 0 Å². The molecule has 1 atom stereocenters. The number of aromatic nitrogens is 3. The Hall–Kier alpha value is -2.50. The lowest BCUT2D eigenvalue weighted by molar-refractivity contribution is 0.174. The van der Waals surface area contributed by atoms with Gasteiger partial charge in [0.05, 0.1) is 6.10 Å². The van der Waals surface area contributed by atoms with Crippen LogP contribution in [0.3, 0.4) is 0 Å². The lowest BCUT2D eigenvalue weighted by atomic mass is 10.1. The average Bonchev–Trinajstić information content (AvgIpc) is 2.97. The van der Waals surface area contributed by atoms with Crippen LogP contribution in [-0.2, 0) is 13.6 Å². The molecule has 3 aromatic rings. The molecule has 0 bridgehead atoms. The van der Waals surface area contributed by atoms with Gasteiger partial charge in [-0.15, -0.1) is 0 Å². The van der Waals surface area contributed by atoms with Crippen LogP contribution in [0, 0.1) is 0 Å². The maximum absolute atomic E-state index is 10.2. The summed E-state index contributed by atoms with van der Waals surface area (Å²) in [4.78, 5) is 1.58. The number of rotatable bonds is 6. The van der Waals surface area contributed by atoms with Gasteiger partial charge in [0, 0.05) is 25.7 Å². The lowest BCUT2D eigenvalue weighted by Gasteiger charge is -2.11. The minimum Gasteiger partial charge on any atom is -0.387 e. The number of nitrogens with zero attached hydrogens (tertiary/aromatic N) is 3. The molecule has 5 nitrogen and oxygen atoms in total. The third kappa shape index (κ3) is 3.83. The molecule has 0 spiro atoms. The summed E-state index contributed by atoms with van der Waals surface area (Å²) in [6.07, 6.45) is -0.534. The van der Waals surface area contributed by atoms with Crippen molar-refractivity contribution in [1.82, 2.24) is 20.3 Å². The van der Waals surface area contributed by atoms with E-state index < -0.39 is 6.10 Å². The molecule has 0 radical (unpaired) electrons. The Kier molecular flexibility index (Phi) is 4.80. The molecule has 0 aliphatic carbocycles. The van der Waals surface area contributed by atoms with Crippen molar-refractivity contribution in [2.45, 2.75) is 12.6 Å². The summed E-state index contributed by atoms with van der Waals surface area (Å²) in [7, 11) is 1.81. The first kappa shape index (κ1) is 15.4. The van der Waals surface area contributed by atoms with Crippen LogP contribution in [0.25, 0.3) is 11.3 Å². The van der Waals surface area contributed by atoms with E-state index in [1.54, 1.807) is 4.80 Å². The van der Waals surface area contributed by atoms with Crippen LogP contribution < -0.4 is 5.32 Å². The van der Waals surface area contributed by atoms with Crippen LogP contribution in [0.4, 0.5) is 0 Å². The topological polar surface area (TPSA) is 63.0 Å². The SMILES string of the molecule is Cn1nc(CNC[C@@H](O)c2ccccc2)c(-c2ccccc2)n1. The van der Waals surface area contributed by atoms with E-state index in [-0.39, 0.29) is 0 Å². The molecule has 0 aliphatic heterocycles. The molecule has 0 amide bonds. The summed E-state index contributed by atoms with van der Waals surface area (Å²) in [6.45, 7) is 1.02. The molecule has 0 saturated heterocycles. The number of benzene rings is 2. The normalized spacial score (nSPS) is 12.3. The maximum Gasteiger partial charge on any atom is 0.117 e. The third-order valence-corrected chi connectivity index (χ3v) is 3.65. The molecule has 0 aliphatic rings. The summed E-state index contributed by atoms with van der Waals surface area (Å²) in [5.74, 6) is 0. The zero-order valence-electron chi connectivity index (χ0n) is 13.1. The maximum atomic E-state index is 10.2. The standard InChI is InChI=1S/C18H20N4O/c1-22-20-16(18(21-22)15-10-6-3-7-11-15)12-19-13-17(23)14-8-4-2-5-9-14/h2-11,17,19,23H,12-13H2,1H3/t17-/m1/s1. The molecule has 3 rings (SSSR count). The van der Waals surface area contributed by atoms with E-state index in [9.17, 15) is 5.11 Å². The zero-order valence-corrected chi connectivity index (χ0v) is 13.1. The molecule has 2 N–H and O–H groups in total. The fraction of sp³-hybridized carbons (Fsp3) is 0.222. The molecular weight excluding hydrogens is 288 g/mol. The van der Waals surface area contributed by atoms with E-state index in [0.717, 1.165) is 22.5 Å². The van der Waals surface area contributed by atoms with Gasteiger partial charge in [-0.25, -0.2) is 0 Å². The molecule has 5 heteroatoms. The van der Waals surface area contributed by atoms with Crippen molar-refractivity contribution in [1.29, 1.82) is 0 Å². The molecule has 1 heterocycles. The molecular formula is C18H20N4O. The number of nitrogens with one attached hydrogen (secondary N) is 1. The zero-order chi connectivity index (χ0) is 16.1. The first-order valence-corrected chi connectivity index (χ1v) is 7.63. The van der Waals surface area contributed by atoms with Gasteiger partial charge in [-0.2, -0.15) is 15.0 Å². The van der Waals surface area contributed by atoms with Crippen molar-refractivity contribution < 1.29 is 5.11 Å². The molecule has 0 unspecified atom stereocenters. The summed E-state index contributed by atoms with van der Waals surface area (Å²) < 4.78 is 0. The van der Waals surface area contributed by atoms with Crippen molar-refractivity contribution >= 4 is 0 Å². The second-order valence-electron chi connectivity index (χ2n) is 5.41. The van der Waals surface area contributed by atoms with E-state index >= 15 is 0 Å². The van der Waals surface area contributed by atoms with Gasteiger partial charge in [0.1, 0.15) is 11.4 Å². The van der Waals surface area contributed by atoms with Crippen LogP contribution in [0.1, 0.15) is 17.4 Å². The Morgan fingerprint density at radius 2 is 1.65 bits per heavy atom. The number of aliphatic hydroxyl groups is 1.